The molecule has 102 valence electrons. The molecular formula is H12F6FeO6Si. The molecule has 0 amide bonds. The van der Waals surface area contributed by atoms with Gasteiger partial charge in [0.2, 0.25) is 0 Å². The molecule has 12 N–H and O–H groups in total. The van der Waals surface area contributed by atoms with Gasteiger partial charge in [0.15, 0.2) is 0 Å². The Morgan fingerprint density at radius 1 is 0.429 bits per heavy atom. The summed E-state index contributed by atoms with van der Waals surface area (Å²) in [5.74, 6) is 0. The van der Waals surface area contributed by atoms with Crippen LogP contribution in [-0.2, 0) is 17.1 Å². The third-order valence-corrected chi connectivity index (χ3v) is 0. The maximum Gasteiger partial charge on any atom is 2.00 e. The van der Waals surface area contributed by atoms with Gasteiger partial charge in [-0.1, -0.05) is 0 Å². The molecule has 0 aromatic rings. The Morgan fingerprint density at radius 2 is 0.429 bits per heavy atom. The van der Waals surface area contributed by atoms with E-state index < -0.39 is 8.63 Å². The van der Waals surface area contributed by atoms with Crippen molar-refractivity contribution in [1.29, 1.82) is 0 Å². The smallest absolute Gasteiger partial charge is 0.412 e. The Bertz CT molecular complexity index is 80.9. The molecule has 0 spiro atoms. The standard InChI is InChI=1S/F6Si.Fe.6H2O/c1-7(2,3,4,5)6;;;;;;;/h;;6*1H2/q-2;+2;;;;;;. The largest absolute Gasteiger partial charge is 2.00 e. The Balaban J connectivity index is -0.00000000857. The van der Waals surface area contributed by atoms with Gasteiger partial charge in [-0.25, -0.2) is 0 Å². The number of hydrogen-bond donors (Lipinski definition) is 0. The monoisotopic (exact) mass is 306 g/mol. The topological polar surface area (TPSA) is 189 Å². The van der Waals surface area contributed by atoms with Crippen molar-refractivity contribution in [3.05, 3.63) is 0 Å². The van der Waals surface area contributed by atoms with E-state index in [4.69, 9.17) is 0 Å². The molecule has 0 radical (unpaired) electrons. The van der Waals surface area contributed by atoms with Crippen molar-refractivity contribution in [1.82, 2.24) is 0 Å². The summed E-state index contributed by atoms with van der Waals surface area (Å²) in [6.45, 7) is 0. The molecule has 0 unspecified atom stereocenters. The average Bonchev–Trinajstić information content (AvgIpc) is 0.592. The quantitative estimate of drug-likeness (QED) is 0.254. The maximum absolute atomic E-state index is 10.8. The minimum atomic E-state index is -10.8. The van der Waals surface area contributed by atoms with Gasteiger partial charge in [0.25, 0.3) is 0 Å². The molecule has 0 aliphatic heterocycles. The molecule has 0 aliphatic carbocycles. The van der Waals surface area contributed by atoms with Crippen molar-refractivity contribution in [2.45, 2.75) is 0 Å². The fraction of sp³-hybridized carbons (Fsp3) is 0. The second-order valence-corrected chi connectivity index (χ2v) is 3.21. The van der Waals surface area contributed by atoms with Crippen LogP contribution in [-0.4, -0.2) is 41.5 Å². The molecular weight excluding hydrogens is 294 g/mol. The van der Waals surface area contributed by atoms with E-state index in [1.54, 1.807) is 0 Å². The van der Waals surface area contributed by atoms with Crippen molar-refractivity contribution >= 4 is 8.63 Å². The van der Waals surface area contributed by atoms with Crippen LogP contribution in [0.1, 0.15) is 0 Å². The molecule has 0 bridgehead atoms. The van der Waals surface area contributed by atoms with Crippen molar-refractivity contribution in [2.75, 3.05) is 0 Å². The fourth-order valence-corrected chi connectivity index (χ4v) is 0. The fourth-order valence-electron chi connectivity index (χ4n) is 0. The van der Waals surface area contributed by atoms with Gasteiger partial charge in [0, 0.05) is 0 Å². The zero-order chi connectivity index (χ0) is 6.41. The molecule has 14 heteroatoms. The van der Waals surface area contributed by atoms with Crippen LogP contribution in [0.15, 0.2) is 0 Å². The van der Waals surface area contributed by atoms with Gasteiger partial charge in [-0.2, -0.15) is 0 Å². The summed E-state index contributed by atoms with van der Waals surface area (Å²) >= 11 is 0. The molecule has 6 nitrogen and oxygen atoms in total. The van der Waals surface area contributed by atoms with Gasteiger partial charge in [-0.3, -0.25) is 0 Å². The Labute approximate surface area is 84.1 Å². The van der Waals surface area contributed by atoms with E-state index in [1.807, 2.05) is 0 Å². The van der Waals surface area contributed by atoms with Crippen LogP contribution >= 0.6 is 0 Å². The van der Waals surface area contributed by atoms with Crippen LogP contribution in [0.3, 0.4) is 0 Å². The third-order valence-electron chi connectivity index (χ3n) is 0. The van der Waals surface area contributed by atoms with Crippen LogP contribution in [0.2, 0.25) is 0 Å². The summed E-state index contributed by atoms with van der Waals surface area (Å²) in [4.78, 5) is 0. The number of halogens is 6. The molecule has 0 heterocycles. The molecule has 0 rings (SSSR count). The minimum absolute atomic E-state index is 0. The molecule has 14 heavy (non-hydrogen) atoms. The van der Waals surface area contributed by atoms with E-state index in [9.17, 15) is 24.6 Å². The van der Waals surface area contributed by atoms with E-state index in [2.05, 4.69) is 0 Å². The average molecular weight is 306 g/mol. The molecule has 0 atom stereocenters. The first-order valence-electron chi connectivity index (χ1n) is 1.13. The van der Waals surface area contributed by atoms with E-state index in [0.717, 1.165) is 0 Å². The Morgan fingerprint density at radius 3 is 0.429 bits per heavy atom. The summed E-state index contributed by atoms with van der Waals surface area (Å²) < 4.78 is 59.3. The number of rotatable bonds is 0. The van der Waals surface area contributed by atoms with Gasteiger partial charge < -0.3 is 32.9 Å². The first-order chi connectivity index (χ1) is 2.45. The zero-order valence-electron chi connectivity index (χ0n) is 6.12. The summed E-state index contributed by atoms with van der Waals surface area (Å²) in [5.41, 5.74) is 0. The van der Waals surface area contributed by atoms with Gasteiger partial charge in [0.1, 0.15) is 0 Å². The van der Waals surface area contributed by atoms with E-state index in [-0.39, 0.29) is 49.9 Å². The van der Waals surface area contributed by atoms with Crippen LogP contribution < -0.4 is 0 Å². The summed E-state index contributed by atoms with van der Waals surface area (Å²) in [5, 5.41) is 0. The van der Waals surface area contributed by atoms with Crippen molar-refractivity contribution in [2.24, 2.45) is 0 Å². The Kier molecular flexibility index (Phi) is 39.1. The second kappa shape index (κ2) is 8.39. The molecule has 0 fully saturated rings. The molecule has 0 saturated heterocycles. The third kappa shape index (κ3) is 254000. The van der Waals surface area contributed by atoms with Gasteiger partial charge in [0.05, 0.1) is 0 Å². The van der Waals surface area contributed by atoms with Crippen molar-refractivity contribution < 1.29 is 74.6 Å². The van der Waals surface area contributed by atoms with Crippen LogP contribution in [0.5, 0.6) is 0 Å². The first kappa shape index (κ1) is 65.2. The predicted molar refractivity (Wildman–Crippen MR) is 34.1 cm³/mol. The van der Waals surface area contributed by atoms with Crippen LogP contribution in [0, 0.1) is 0 Å². The predicted octanol–water partition coefficient (Wildman–Crippen LogP) is -2.81. The summed E-state index contributed by atoms with van der Waals surface area (Å²) in [6.07, 6.45) is 0. The van der Waals surface area contributed by atoms with Crippen LogP contribution in [0.25, 0.3) is 0 Å². The van der Waals surface area contributed by atoms with E-state index >= 15 is 0 Å². The molecule has 0 aliphatic rings. The van der Waals surface area contributed by atoms with Gasteiger partial charge in [-0.05, 0) is 0 Å². The Hall–Kier alpha value is 0.0764. The summed E-state index contributed by atoms with van der Waals surface area (Å²) in [7, 11) is -10.8. The second-order valence-electron chi connectivity index (χ2n) is 1.07. The van der Waals surface area contributed by atoms with Gasteiger partial charge >= 0.3 is 50.3 Å². The SMILES string of the molecule is F[Si-2](F)(F)(F)(F)F.O.O.O.O.O.O.[Fe+2]. The van der Waals surface area contributed by atoms with Crippen molar-refractivity contribution in [3.8, 4) is 0 Å². The first-order valence-corrected chi connectivity index (χ1v) is 3.40. The maximum atomic E-state index is 9.88. The van der Waals surface area contributed by atoms with Gasteiger partial charge in [-0.15, -0.1) is 0 Å². The number of hydrogen-bond acceptors (Lipinski definition) is 0. The van der Waals surface area contributed by atoms with Crippen LogP contribution in [0.4, 0.5) is 24.6 Å². The minimum Gasteiger partial charge on any atom is -0.412 e. The zero-order valence-corrected chi connectivity index (χ0v) is 8.23. The van der Waals surface area contributed by atoms with Crippen molar-refractivity contribution in [3.63, 3.8) is 0 Å². The van der Waals surface area contributed by atoms with E-state index in [0.29, 0.717) is 0 Å². The molecule has 0 aromatic heterocycles. The molecule has 0 aromatic carbocycles. The van der Waals surface area contributed by atoms with E-state index in [1.165, 1.54) is 0 Å². The normalized spacial score (nSPS) is 11.6. The summed E-state index contributed by atoms with van der Waals surface area (Å²) in [6, 6.07) is 0. The molecule has 0 saturated carbocycles.